The summed E-state index contributed by atoms with van der Waals surface area (Å²) in [5.41, 5.74) is 8.45. The standard InChI is InChI=1S/C20H21FN6O/c1-12-17(26-18(24-12)14-2-4-15(21)5-3-14)19(28)27-10-7-13(8-11-27)16-6-9-23-20(22)25-16/h2-6,9,13H,7-8,10-11H2,1H3,(H,24,26)(H2,22,23,25). The summed E-state index contributed by atoms with van der Waals surface area (Å²) in [6, 6.07) is 7.91. The van der Waals surface area contributed by atoms with Crippen molar-refractivity contribution in [3.8, 4) is 11.4 Å². The number of nitrogen functional groups attached to an aromatic ring is 1. The minimum Gasteiger partial charge on any atom is -0.368 e. The summed E-state index contributed by atoms with van der Waals surface area (Å²) >= 11 is 0. The highest BCUT2D eigenvalue weighted by Crippen LogP contribution is 2.28. The number of benzene rings is 1. The van der Waals surface area contributed by atoms with Crippen molar-refractivity contribution in [1.29, 1.82) is 0 Å². The number of nitrogens with two attached hydrogens (primary N) is 1. The molecule has 0 unspecified atom stereocenters. The largest absolute Gasteiger partial charge is 0.368 e. The van der Waals surface area contributed by atoms with Gasteiger partial charge in [0.15, 0.2) is 0 Å². The van der Waals surface area contributed by atoms with Crippen LogP contribution in [-0.4, -0.2) is 43.8 Å². The Balaban J connectivity index is 1.46. The van der Waals surface area contributed by atoms with Gasteiger partial charge in [-0.05, 0) is 50.1 Å². The van der Waals surface area contributed by atoms with Gasteiger partial charge in [-0.15, -0.1) is 0 Å². The average molecular weight is 380 g/mol. The predicted octanol–water partition coefficient (Wildman–Crippen LogP) is 2.92. The maximum absolute atomic E-state index is 13.1. The molecule has 1 aliphatic heterocycles. The number of imidazole rings is 1. The maximum Gasteiger partial charge on any atom is 0.274 e. The molecule has 8 heteroatoms. The SMILES string of the molecule is Cc1[nH]c(-c2ccc(F)cc2)nc1C(=O)N1CCC(c2ccnc(N)n2)CC1. The number of hydrogen-bond acceptors (Lipinski definition) is 5. The van der Waals surface area contributed by atoms with Crippen molar-refractivity contribution in [2.45, 2.75) is 25.7 Å². The number of hydrogen-bond donors (Lipinski definition) is 2. The molecule has 7 nitrogen and oxygen atoms in total. The fraction of sp³-hybridized carbons (Fsp3) is 0.300. The Kier molecular flexibility index (Phi) is 4.77. The molecule has 1 fully saturated rings. The molecule has 3 N–H and O–H groups in total. The van der Waals surface area contributed by atoms with Crippen molar-refractivity contribution in [2.24, 2.45) is 0 Å². The third-order valence-electron chi connectivity index (χ3n) is 5.10. The van der Waals surface area contributed by atoms with E-state index in [1.807, 2.05) is 17.9 Å². The first-order chi connectivity index (χ1) is 13.5. The van der Waals surface area contributed by atoms with E-state index in [4.69, 9.17) is 5.73 Å². The molecule has 0 atom stereocenters. The zero-order chi connectivity index (χ0) is 19.7. The molecule has 3 aromatic rings. The van der Waals surface area contributed by atoms with E-state index in [1.165, 1.54) is 12.1 Å². The van der Waals surface area contributed by atoms with Crippen LogP contribution in [0.1, 0.15) is 40.6 Å². The Morgan fingerprint density at radius 1 is 1.18 bits per heavy atom. The van der Waals surface area contributed by atoms with Crippen LogP contribution in [0.25, 0.3) is 11.4 Å². The summed E-state index contributed by atoms with van der Waals surface area (Å²) < 4.78 is 13.1. The summed E-state index contributed by atoms with van der Waals surface area (Å²) in [5.74, 6) is 0.701. The van der Waals surface area contributed by atoms with Gasteiger partial charge in [0.25, 0.3) is 5.91 Å². The third-order valence-corrected chi connectivity index (χ3v) is 5.10. The summed E-state index contributed by atoms with van der Waals surface area (Å²) in [6.07, 6.45) is 3.30. The number of rotatable bonds is 3. The molecule has 3 heterocycles. The number of aromatic amines is 1. The van der Waals surface area contributed by atoms with E-state index in [2.05, 4.69) is 19.9 Å². The Morgan fingerprint density at radius 3 is 2.57 bits per heavy atom. The number of likely N-dealkylation sites (tertiary alicyclic amines) is 1. The maximum atomic E-state index is 13.1. The van der Waals surface area contributed by atoms with E-state index in [1.54, 1.807) is 18.3 Å². The molecule has 0 spiro atoms. The zero-order valence-corrected chi connectivity index (χ0v) is 15.5. The average Bonchev–Trinajstić information content (AvgIpc) is 3.10. The first-order valence-electron chi connectivity index (χ1n) is 9.21. The molecule has 1 aliphatic rings. The second-order valence-corrected chi connectivity index (χ2v) is 6.97. The van der Waals surface area contributed by atoms with E-state index >= 15 is 0 Å². The summed E-state index contributed by atoms with van der Waals surface area (Å²) in [6.45, 7) is 3.08. The van der Waals surface area contributed by atoms with E-state index in [0.29, 0.717) is 30.3 Å². The minimum absolute atomic E-state index is 0.0947. The van der Waals surface area contributed by atoms with Crippen molar-refractivity contribution in [3.05, 3.63) is 59.4 Å². The number of amides is 1. The number of nitrogens with zero attached hydrogens (tertiary/aromatic N) is 4. The lowest BCUT2D eigenvalue weighted by Gasteiger charge is -2.31. The summed E-state index contributed by atoms with van der Waals surface area (Å²) in [4.78, 5) is 30.6. The minimum atomic E-state index is -0.309. The number of aromatic nitrogens is 4. The van der Waals surface area contributed by atoms with Crippen LogP contribution in [-0.2, 0) is 0 Å². The van der Waals surface area contributed by atoms with Gasteiger partial charge in [0.2, 0.25) is 5.95 Å². The van der Waals surface area contributed by atoms with Crippen molar-refractivity contribution in [1.82, 2.24) is 24.8 Å². The first-order valence-corrected chi connectivity index (χ1v) is 9.21. The van der Waals surface area contributed by atoms with Crippen molar-refractivity contribution >= 4 is 11.9 Å². The highest BCUT2D eigenvalue weighted by Gasteiger charge is 2.28. The topological polar surface area (TPSA) is 101 Å². The van der Waals surface area contributed by atoms with E-state index in [-0.39, 0.29) is 23.6 Å². The highest BCUT2D eigenvalue weighted by atomic mass is 19.1. The van der Waals surface area contributed by atoms with Gasteiger partial charge in [0, 0.05) is 42.2 Å². The van der Waals surface area contributed by atoms with Gasteiger partial charge in [-0.1, -0.05) is 0 Å². The van der Waals surface area contributed by atoms with Gasteiger partial charge in [-0.2, -0.15) is 0 Å². The quantitative estimate of drug-likeness (QED) is 0.728. The second kappa shape index (κ2) is 7.38. The van der Waals surface area contributed by atoms with Crippen LogP contribution in [0.15, 0.2) is 36.5 Å². The molecule has 0 radical (unpaired) electrons. The lowest BCUT2D eigenvalue weighted by molar-refractivity contribution is 0.0706. The highest BCUT2D eigenvalue weighted by molar-refractivity contribution is 5.94. The fourth-order valence-electron chi connectivity index (χ4n) is 3.56. The summed E-state index contributed by atoms with van der Waals surface area (Å²) in [5, 5.41) is 0. The van der Waals surface area contributed by atoms with Crippen LogP contribution >= 0.6 is 0 Å². The molecule has 0 bridgehead atoms. The number of carbonyl (C=O) groups excluding carboxylic acids is 1. The number of aryl methyl sites for hydroxylation is 1. The van der Waals surface area contributed by atoms with Crippen molar-refractivity contribution in [3.63, 3.8) is 0 Å². The van der Waals surface area contributed by atoms with E-state index in [9.17, 15) is 9.18 Å². The molecule has 4 rings (SSSR count). The van der Waals surface area contributed by atoms with Crippen LogP contribution in [0.3, 0.4) is 0 Å². The van der Waals surface area contributed by atoms with Gasteiger partial charge >= 0.3 is 0 Å². The van der Waals surface area contributed by atoms with Gasteiger partial charge in [-0.25, -0.2) is 19.3 Å². The number of nitrogens with one attached hydrogen (secondary N) is 1. The molecular formula is C20H21FN6O. The van der Waals surface area contributed by atoms with E-state index < -0.39 is 0 Å². The lowest BCUT2D eigenvalue weighted by atomic mass is 9.93. The van der Waals surface area contributed by atoms with Crippen LogP contribution in [0.5, 0.6) is 0 Å². The van der Waals surface area contributed by atoms with Gasteiger partial charge in [-0.3, -0.25) is 4.79 Å². The van der Waals surface area contributed by atoms with Gasteiger partial charge in [0.1, 0.15) is 17.3 Å². The van der Waals surface area contributed by atoms with Crippen molar-refractivity contribution < 1.29 is 9.18 Å². The Hall–Kier alpha value is -3.29. The van der Waals surface area contributed by atoms with Gasteiger partial charge in [0.05, 0.1) is 0 Å². The molecular weight excluding hydrogens is 359 g/mol. The molecule has 0 saturated carbocycles. The van der Waals surface area contributed by atoms with Crippen molar-refractivity contribution in [2.75, 3.05) is 18.8 Å². The Labute approximate surface area is 161 Å². The fourth-order valence-corrected chi connectivity index (χ4v) is 3.56. The monoisotopic (exact) mass is 380 g/mol. The molecule has 1 amide bonds. The molecule has 144 valence electrons. The molecule has 28 heavy (non-hydrogen) atoms. The molecule has 1 aromatic carbocycles. The normalized spacial score (nSPS) is 15.0. The Morgan fingerprint density at radius 2 is 1.89 bits per heavy atom. The van der Waals surface area contributed by atoms with Crippen LogP contribution in [0.4, 0.5) is 10.3 Å². The molecule has 0 aliphatic carbocycles. The predicted molar refractivity (Wildman–Crippen MR) is 103 cm³/mol. The zero-order valence-electron chi connectivity index (χ0n) is 15.5. The van der Waals surface area contributed by atoms with Crippen LogP contribution in [0.2, 0.25) is 0 Å². The lowest BCUT2D eigenvalue weighted by Crippen LogP contribution is -2.38. The second-order valence-electron chi connectivity index (χ2n) is 6.97. The van der Waals surface area contributed by atoms with Gasteiger partial charge < -0.3 is 15.6 Å². The third kappa shape index (κ3) is 3.58. The van der Waals surface area contributed by atoms with E-state index in [0.717, 1.165) is 24.1 Å². The smallest absolute Gasteiger partial charge is 0.274 e. The van der Waals surface area contributed by atoms with Crippen LogP contribution < -0.4 is 5.73 Å². The number of H-pyrrole nitrogens is 1. The number of piperidine rings is 1. The molecule has 1 saturated heterocycles. The Bertz CT molecular complexity index is 992. The number of halogens is 1. The molecule has 2 aromatic heterocycles. The van der Waals surface area contributed by atoms with Crippen LogP contribution in [0, 0.1) is 12.7 Å². The number of carbonyl (C=O) groups is 1. The summed E-state index contributed by atoms with van der Waals surface area (Å²) in [7, 11) is 0. The first kappa shape index (κ1) is 18.1. The number of anilines is 1.